The second-order valence-electron chi connectivity index (χ2n) is 14.2. The number of hydrogen-bond acceptors (Lipinski definition) is 8. The molecule has 0 aliphatic carbocycles. The summed E-state index contributed by atoms with van der Waals surface area (Å²) in [5.41, 5.74) is -0.154. The molecule has 280 valence electrons. The third-order valence-electron chi connectivity index (χ3n) is 10.3. The van der Waals surface area contributed by atoms with E-state index in [0.29, 0.717) is 42.0 Å². The Hall–Kier alpha value is -4.03. The summed E-state index contributed by atoms with van der Waals surface area (Å²) in [4.78, 5) is 60.2. The molecule has 0 saturated carbocycles. The van der Waals surface area contributed by atoms with Crippen LogP contribution in [0.5, 0.6) is 0 Å². The van der Waals surface area contributed by atoms with Crippen molar-refractivity contribution in [2.75, 3.05) is 31.8 Å². The second kappa shape index (κ2) is 17.2. The van der Waals surface area contributed by atoms with Crippen molar-refractivity contribution in [3.63, 3.8) is 0 Å². The van der Waals surface area contributed by atoms with Gasteiger partial charge in [-0.25, -0.2) is 0 Å². The number of hydrogen-bond donors (Lipinski definition) is 2. The first-order valence-electron chi connectivity index (χ1n) is 17.9. The minimum atomic E-state index is -1.34. The molecule has 2 bridgehead atoms. The van der Waals surface area contributed by atoms with Gasteiger partial charge in [0.05, 0.1) is 43.2 Å². The zero-order valence-electron chi connectivity index (χ0n) is 30.1. The quantitative estimate of drug-likeness (QED) is 0.161. The topological polar surface area (TPSA) is 135 Å². The van der Waals surface area contributed by atoms with Crippen LogP contribution < -0.4 is 10.2 Å². The molecule has 0 radical (unpaired) electrons. The minimum absolute atomic E-state index is 0.0468. The van der Waals surface area contributed by atoms with Gasteiger partial charge < -0.3 is 34.4 Å². The van der Waals surface area contributed by atoms with Crippen molar-refractivity contribution in [2.45, 2.75) is 81.9 Å². The summed E-state index contributed by atoms with van der Waals surface area (Å²) >= 11 is 6.18. The smallest absolute Gasteiger partial charge is 0.313 e. The predicted octanol–water partition coefficient (Wildman–Crippen LogP) is 5.02. The summed E-state index contributed by atoms with van der Waals surface area (Å²) < 4.78 is 18.5. The lowest BCUT2D eigenvalue weighted by molar-refractivity contribution is -0.163. The molecule has 3 heterocycles. The van der Waals surface area contributed by atoms with E-state index in [1.807, 2.05) is 32.0 Å². The summed E-state index contributed by atoms with van der Waals surface area (Å²) in [5, 5.41) is 14.2. The summed E-state index contributed by atoms with van der Waals surface area (Å²) in [7, 11) is 1.50. The van der Waals surface area contributed by atoms with Crippen LogP contribution in [0.15, 0.2) is 79.9 Å². The van der Waals surface area contributed by atoms with Gasteiger partial charge in [-0.05, 0) is 61.4 Å². The van der Waals surface area contributed by atoms with Crippen LogP contribution in [0, 0.1) is 17.8 Å². The average Bonchev–Trinajstić information content (AvgIpc) is 3.78. The Morgan fingerprint density at radius 2 is 1.85 bits per heavy atom. The van der Waals surface area contributed by atoms with Crippen LogP contribution in [0.1, 0.15) is 57.6 Å². The number of rotatable bonds is 18. The van der Waals surface area contributed by atoms with Crippen LogP contribution in [0.25, 0.3) is 0 Å². The SMILES string of the molecule is C=CCCC(=O)N[C@@H](COC)[C@@H](OC(=O)[C@@H]1[C@@H]2CC[C@]3(O2)[C@H](C(=O)N(CC=C)c2ccc(Cl)cc2)N([C@@H](CO)CC(C)C)C(=O)[C@@H]13)c1ccccc1. The average molecular weight is 736 g/mol. The van der Waals surface area contributed by atoms with Gasteiger partial charge in [0.2, 0.25) is 11.8 Å². The standard InChI is InChI=1S/C40H50ClN3O8/c1-6-8-14-32(46)42-30(24-50-5)35(26-12-10-9-11-13-26)51-39(49)33-31-19-20-40(52-31)34(33)37(47)44(29(23-45)22-25(3)4)36(40)38(48)43(21-7-2)28-17-15-27(41)16-18-28/h6-7,9-13,15-18,25,29-31,33-36,45H,1-2,8,14,19-24H2,3-5H3,(H,42,46)/t29-,30+,31+,33-,34-,35+,36+,40-/m1/s1. The van der Waals surface area contributed by atoms with Crippen molar-refractivity contribution < 1.29 is 38.5 Å². The van der Waals surface area contributed by atoms with E-state index in [1.165, 1.54) is 16.9 Å². The number of benzene rings is 2. The van der Waals surface area contributed by atoms with Gasteiger partial charge in [0.1, 0.15) is 17.7 Å². The number of methoxy groups -OCH3 is 1. The molecule has 12 heteroatoms. The normalized spacial score (nSPS) is 25.0. The van der Waals surface area contributed by atoms with Crippen molar-refractivity contribution in [3.05, 3.63) is 90.5 Å². The molecule has 52 heavy (non-hydrogen) atoms. The third-order valence-corrected chi connectivity index (χ3v) is 10.6. The number of carbonyl (C=O) groups is 4. The van der Waals surface area contributed by atoms with E-state index >= 15 is 0 Å². The van der Waals surface area contributed by atoms with Crippen LogP contribution in [0.2, 0.25) is 5.02 Å². The van der Waals surface area contributed by atoms with E-state index in [-0.39, 0.29) is 38.0 Å². The van der Waals surface area contributed by atoms with E-state index in [9.17, 15) is 24.3 Å². The molecule has 2 aromatic carbocycles. The number of aliphatic hydroxyl groups excluding tert-OH is 1. The molecule has 3 fully saturated rings. The number of likely N-dealkylation sites (tertiary alicyclic amines) is 1. The zero-order chi connectivity index (χ0) is 37.6. The summed E-state index contributed by atoms with van der Waals surface area (Å²) in [6.45, 7) is 11.3. The number of aliphatic hydroxyl groups is 1. The third kappa shape index (κ3) is 7.83. The predicted molar refractivity (Wildman–Crippen MR) is 197 cm³/mol. The van der Waals surface area contributed by atoms with Crippen molar-refractivity contribution in [1.82, 2.24) is 10.2 Å². The Morgan fingerprint density at radius 3 is 2.46 bits per heavy atom. The maximum absolute atomic E-state index is 14.9. The lowest BCUT2D eigenvalue weighted by Crippen LogP contribution is -2.59. The number of allylic oxidation sites excluding steroid dienone is 1. The molecule has 3 amide bonds. The van der Waals surface area contributed by atoms with Gasteiger partial charge in [-0.3, -0.25) is 19.2 Å². The van der Waals surface area contributed by atoms with Gasteiger partial charge in [-0.15, -0.1) is 13.2 Å². The monoisotopic (exact) mass is 735 g/mol. The molecule has 3 saturated heterocycles. The lowest BCUT2D eigenvalue weighted by Gasteiger charge is -2.39. The molecule has 3 aliphatic heterocycles. The highest BCUT2D eigenvalue weighted by atomic mass is 35.5. The van der Waals surface area contributed by atoms with Crippen LogP contribution >= 0.6 is 11.6 Å². The molecule has 0 aromatic heterocycles. The maximum atomic E-state index is 14.9. The number of nitrogens with zero attached hydrogens (tertiary/aromatic N) is 2. The molecule has 3 aliphatic rings. The van der Waals surface area contributed by atoms with Crippen LogP contribution in [0.3, 0.4) is 0 Å². The molecule has 0 unspecified atom stereocenters. The van der Waals surface area contributed by atoms with E-state index in [0.717, 1.165) is 0 Å². The highest BCUT2D eigenvalue weighted by Gasteiger charge is 2.75. The van der Waals surface area contributed by atoms with Crippen LogP contribution in [-0.4, -0.2) is 90.4 Å². The second-order valence-corrected chi connectivity index (χ2v) is 14.6. The van der Waals surface area contributed by atoms with Gasteiger partial charge in [0.25, 0.3) is 5.91 Å². The molecule has 2 aromatic rings. The van der Waals surface area contributed by atoms with Crippen molar-refractivity contribution in [1.29, 1.82) is 0 Å². The van der Waals surface area contributed by atoms with Gasteiger partial charge in [-0.2, -0.15) is 0 Å². The number of halogens is 1. The molecule has 8 atom stereocenters. The Labute approximate surface area is 310 Å². The summed E-state index contributed by atoms with van der Waals surface area (Å²) in [5.74, 6) is -3.74. The number of esters is 1. The van der Waals surface area contributed by atoms with Gasteiger partial charge in [0, 0.05) is 30.8 Å². The van der Waals surface area contributed by atoms with E-state index < -0.39 is 65.6 Å². The Kier molecular flexibility index (Phi) is 13.0. The number of carbonyl (C=O) groups excluding carboxylic acids is 4. The molecular formula is C40H50ClN3O8. The van der Waals surface area contributed by atoms with Crippen molar-refractivity contribution >= 4 is 41.0 Å². The minimum Gasteiger partial charge on any atom is -0.455 e. The van der Waals surface area contributed by atoms with Crippen LogP contribution in [-0.2, 0) is 33.4 Å². The van der Waals surface area contributed by atoms with Gasteiger partial charge in [-0.1, -0.05) is 67.9 Å². The first-order chi connectivity index (χ1) is 25.0. The number of amides is 3. The van der Waals surface area contributed by atoms with Gasteiger partial charge >= 0.3 is 5.97 Å². The number of nitrogens with one attached hydrogen (secondary N) is 1. The van der Waals surface area contributed by atoms with E-state index in [2.05, 4.69) is 18.5 Å². The fraction of sp³-hybridized carbons (Fsp3) is 0.500. The number of anilines is 1. The molecule has 1 spiro atoms. The Balaban J connectivity index is 1.54. The maximum Gasteiger partial charge on any atom is 0.313 e. The van der Waals surface area contributed by atoms with Crippen LogP contribution in [0.4, 0.5) is 5.69 Å². The summed E-state index contributed by atoms with van der Waals surface area (Å²) in [6, 6.07) is 13.3. The fourth-order valence-electron chi connectivity index (χ4n) is 8.20. The highest BCUT2D eigenvalue weighted by molar-refractivity contribution is 6.30. The summed E-state index contributed by atoms with van der Waals surface area (Å²) in [6.07, 6.45) is 3.50. The largest absolute Gasteiger partial charge is 0.455 e. The molecular weight excluding hydrogens is 686 g/mol. The molecule has 11 nitrogen and oxygen atoms in total. The lowest BCUT2D eigenvalue weighted by atomic mass is 9.70. The zero-order valence-corrected chi connectivity index (χ0v) is 30.9. The number of fused-ring (bicyclic) bond motifs is 1. The highest BCUT2D eigenvalue weighted by Crippen LogP contribution is 2.59. The number of ether oxygens (including phenoxy) is 3. The van der Waals surface area contributed by atoms with Crippen molar-refractivity contribution in [2.24, 2.45) is 17.8 Å². The first-order valence-corrected chi connectivity index (χ1v) is 18.3. The Morgan fingerprint density at radius 1 is 1.13 bits per heavy atom. The van der Waals surface area contributed by atoms with E-state index in [4.69, 9.17) is 25.8 Å². The molecule has 5 rings (SSSR count). The molecule has 2 N–H and O–H groups in total. The first kappa shape index (κ1) is 39.2. The fourth-order valence-corrected chi connectivity index (χ4v) is 8.32. The van der Waals surface area contributed by atoms with Crippen molar-refractivity contribution in [3.8, 4) is 0 Å². The van der Waals surface area contributed by atoms with Gasteiger partial charge in [0.15, 0.2) is 0 Å². The Bertz CT molecular complexity index is 1600. The van der Waals surface area contributed by atoms with E-state index in [1.54, 1.807) is 48.6 Å².